The number of nitrogens with zero attached hydrogens (tertiary/aromatic N) is 3. The molecule has 0 amide bonds. The van der Waals surface area contributed by atoms with Gasteiger partial charge in [-0.2, -0.15) is 17.0 Å². The predicted octanol–water partition coefficient (Wildman–Crippen LogP) is 2.00. The Bertz CT molecular complexity index is 583. The third-order valence-corrected chi connectivity index (χ3v) is 3.86. The van der Waals surface area contributed by atoms with Crippen LogP contribution in [0, 0.1) is 23.8 Å². The lowest BCUT2D eigenvalue weighted by atomic mass is 10.3. The lowest BCUT2D eigenvalue weighted by molar-refractivity contribution is 0.344. The Hall–Kier alpha value is -2.09. The van der Waals surface area contributed by atoms with Crippen molar-refractivity contribution in [3.8, 4) is 18.5 Å². The molecule has 0 aliphatic heterocycles. The Kier molecular flexibility index (Phi) is 10.3. The highest BCUT2D eigenvalue weighted by atomic mass is 32.2. The van der Waals surface area contributed by atoms with Crippen LogP contribution in [0.5, 0.6) is 0 Å². The number of unbranched alkanes of at least 4 members (excludes halogenated alkanes) is 1. The third kappa shape index (κ3) is 9.14. The van der Waals surface area contributed by atoms with Crippen LogP contribution in [0.15, 0.2) is 21.5 Å². The molecule has 0 unspecified atom stereocenters. The molecule has 0 saturated heterocycles. The van der Waals surface area contributed by atoms with E-state index in [1.807, 2.05) is 32.4 Å². The number of aliphatic imine (C=N–C) groups is 1. The van der Waals surface area contributed by atoms with Crippen molar-refractivity contribution in [2.75, 3.05) is 32.9 Å². The first-order valence-corrected chi connectivity index (χ1v) is 8.98. The molecule has 1 rings (SSSR count). The highest BCUT2D eigenvalue weighted by Crippen LogP contribution is 2.16. The lowest BCUT2D eigenvalue weighted by Gasteiger charge is -2.07. The zero-order valence-corrected chi connectivity index (χ0v) is 15.2. The van der Waals surface area contributed by atoms with Gasteiger partial charge < -0.3 is 14.6 Å². The molecule has 0 fully saturated rings. The van der Waals surface area contributed by atoms with Gasteiger partial charge in [0.2, 0.25) is 5.96 Å². The van der Waals surface area contributed by atoms with Crippen LogP contribution in [-0.2, 0) is 12.3 Å². The van der Waals surface area contributed by atoms with E-state index in [-0.39, 0.29) is 0 Å². The van der Waals surface area contributed by atoms with E-state index in [4.69, 9.17) is 16.1 Å². The second-order valence-corrected chi connectivity index (χ2v) is 6.47. The van der Waals surface area contributed by atoms with Gasteiger partial charge in [0, 0.05) is 18.7 Å². The van der Waals surface area contributed by atoms with Crippen LogP contribution >= 0.6 is 11.8 Å². The normalized spacial score (nSPS) is 11.1. The number of nitriles is 1. The number of hydrogen-bond donors (Lipinski definition) is 2. The zero-order chi connectivity index (χ0) is 17.6. The van der Waals surface area contributed by atoms with E-state index in [0.29, 0.717) is 25.5 Å². The van der Waals surface area contributed by atoms with Crippen LogP contribution in [0.25, 0.3) is 0 Å². The number of hydrogen-bond acceptors (Lipinski definition) is 5. The third-order valence-electron chi connectivity index (χ3n) is 2.90. The monoisotopic (exact) mass is 347 g/mol. The summed E-state index contributed by atoms with van der Waals surface area (Å²) in [5.74, 6) is 6.71. The predicted molar refractivity (Wildman–Crippen MR) is 99.4 cm³/mol. The Morgan fingerprint density at radius 3 is 2.92 bits per heavy atom. The van der Waals surface area contributed by atoms with Crippen LogP contribution in [0.1, 0.15) is 24.4 Å². The summed E-state index contributed by atoms with van der Waals surface area (Å²) in [7, 11) is 4.03. The average molecular weight is 347 g/mol. The van der Waals surface area contributed by atoms with E-state index in [1.165, 1.54) is 0 Å². The molecule has 0 aromatic carbocycles. The van der Waals surface area contributed by atoms with Crippen molar-refractivity contribution < 1.29 is 4.42 Å². The smallest absolute Gasteiger partial charge is 0.204 e. The molecular weight excluding hydrogens is 322 g/mol. The molecule has 0 aliphatic carbocycles. The van der Waals surface area contributed by atoms with Crippen LogP contribution in [-0.4, -0.2) is 43.8 Å². The SMILES string of the molecule is C#CCCCN/C(=N/CCSCc1ccc(CN(C)C)o1)NC#N. The molecule has 0 aliphatic rings. The van der Waals surface area contributed by atoms with Crippen LogP contribution in [0.4, 0.5) is 0 Å². The Balaban J connectivity index is 2.25. The Labute approximate surface area is 148 Å². The second-order valence-electron chi connectivity index (χ2n) is 5.36. The maximum absolute atomic E-state index is 8.72. The van der Waals surface area contributed by atoms with Crippen molar-refractivity contribution in [3.05, 3.63) is 23.7 Å². The molecule has 24 heavy (non-hydrogen) atoms. The molecule has 1 aromatic rings. The standard InChI is InChI=1S/C17H25N5OS/c1-4-5-6-9-19-17(21-14-18)20-10-11-24-13-16-8-7-15(23-16)12-22(2)3/h1,7-8H,5-6,9-13H2,2-3H3,(H2,19,20,21). The van der Waals surface area contributed by atoms with E-state index in [2.05, 4.69) is 26.4 Å². The minimum absolute atomic E-state index is 0.501. The van der Waals surface area contributed by atoms with E-state index < -0.39 is 0 Å². The summed E-state index contributed by atoms with van der Waals surface area (Å²) in [5.41, 5.74) is 0. The number of nitrogens with one attached hydrogen (secondary N) is 2. The number of terminal acetylenes is 1. The summed E-state index contributed by atoms with van der Waals surface area (Å²) < 4.78 is 5.75. The number of thioether (sulfide) groups is 1. The molecule has 0 saturated carbocycles. The van der Waals surface area contributed by atoms with Gasteiger partial charge in [-0.3, -0.25) is 10.3 Å². The van der Waals surface area contributed by atoms with Crippen LogP contribution in [0.3, 0.4) is 0 Å². The highest BCUT2D eigenvalue weighted by Gasteiger charge is 2.03. The molecule has 1 aromatic heterocycles. The van der Waals surface area contributed by atoms with Crippen molar-refractivity contribution in [1.82, 2.24) is 15.5 Å². The van der Waals surface area contributed by atoms with E-state index >= 15 is 0 Å². The van der Waals surface area contributed by atoms with Crippen molar-refractivity contribution in [3.63, 3.8) is 0 Å². The fourth-order valence-corrected chi connectivity index (χ4v) is 2.60. The van der Waals surface area contributed by atoms with Crippen molar-refractivity contribution in [1.29, 1.82) is 5.26 Å². The number of furan rings is 1. The van der Waals surface area contributed by atoms with E-state index in [1.54, 1.807) is 11.8 Å². The van der Waals surface area contributed by atoms with E-state index in [9.17, 15) is 0 Å². The first-order valence-electron chi connectivity index (χ1n) is 7.82. The number of guanidine groups is 1. The molecule has 0 radical (unpaired) electrons. The van der Waals surface area contributed by atoms with Gasteiger partial charge in [-0.15, -0.1) is 12.3 Å². The molecule has 0 bridgehead atoms. The molecule has 0 spiro atoms. The summed E-state index contributed by atoms with van der Waals surface area (Å²) in [4.78, 5) is 6.42. The van der Waals surface area contributed by atoms with Gasteiger partial charge in [-0.25, -0.2) is 0 Å². The van der Waals surface area contributed by atoms with Gasteiger partial charge in [0.05, 0.1) is 18.8 Å². The van der Waals surface area contributed by atoms with Crippen LogP contribution < -0.4 is 10.6 Å². The summed E-state index contributed by atoms with van der Waals surface area (Å²) >= 11 is 1.75. The van der Waals surface area contributed by atoms with Crippen molar-refractivity contribution in [2.24, 2.45) is 4.99 Å². The lowest BCUT2D eigenvalue weighted by Crippen LogP contribution is -2.35. The first kappa shape index (κ1) is 20.0. The van der Waals surface area contributed by atoms with Crippen molar-refractivity contribution in [2.45, 2.75) is 25.1 Å². The molecule has 0 atom stereocenters. The second kappa shape index (κ2) is 12.3. The minimum Gasteiger partial charge on any atom is -0.464 e. The Morgan fingerprint density at radius 1 is 1.42 bits per heavy atom. The molecule has 1 heterocycles. The molecule has 6 nitrogen and oxygen atoms in total. The topological polar surface area (TPSA) is 76.6 Å². The number of rotatable bonds is 10. The summed E-state index contributed by atoms with van der Waals surface area (Å²) in [6.45, 7) is 2.14. The van der Waals surface area contributed by atoms with Gasteiger partial charge in [0.25, 0.3) is 0 Å². The average Bonchev–Trinajstić information content (AvgIpc) is 2.97. The maximum Gasteiger partial charge on any atom is 0.204 e. The summed E-state index contributed by atoms with van der Waals surface area (Å²) in [6, 6.07) is 4.04. The molecule has 2 N–H and O–H groups in total. The largest absolute Gasteiger partial charge is 0.464 e. The molecule has 130 valence electrons. The van der Waals surface area contributed by atoms with Crippen LogP contribution in [0.2, 0.25) is 0 Å². The molecule has 7 heteroatoms. The van der Waals surface area contributed by atoms with Gasteiger partial charge in [-0.05, 0) is 32.6 Å². The van der Waals surface area contributed by atoms with Gasteiger partial charge in [0.15, 0.2) is 6.19 Å². The van der Waals surface area contributed by atoms with Gasteiger partial charge >= 0.3 is 0 Å². The molecular formula is C17H25N5OS. The quantitative estimate of drug-likeness (QED) is 0.168. The van der Waals surface area contributed by atoms with Gasteiger partial charge in [0.1, 0.15) is 11.5 Å². The fraction of sp³-hybridized carbons (Fsp3) is 0.529. The van der Waals surface area contributed by atoms with Crippen molar-refractivity contribution >= 4 is 17.7 Å². The maximum atomic E-state index is 8.72. The minimum atomic E-state index is 0.501. The Morgan fingerprint density at radius 2 is 2.21 bits per heavy atom. The fourth-order valence-electron chi connectivity index (χ4n) is 1.88. The summed E-state index contributed by atoms with van der Waals surface area (Å²) in [5, 5.41) is 14.3. The summed E-state index contributed by atoms with van der Waals surface area (Å²) in [6.07, 6.45) is 8.65. The van der Waals surface area contributed by atoms with E-state index in [0.717, 1.165) is 36.0 Å². The zero-order valence-electron chi connectivity index (χ0n) is 14.3. The van der Waals surface area contributed by atoms with Gasteiger partial charge in [-0.1, -0.05) is 0 Å². The highest BCUT2D eigenvalue weighted by molar-refractivity contribution is 7.98. The first-order chi connectivity index (χ1) is 11.7.